The minimum atomic E-state index is -0.481. The van der Waals surface area contributed by atoms with Crippen LogP contribution in [0.4, 0.5) is 10.6 Å². The number of aromatic nitrogens is 3. The van der Waals surface area contributed by atoms with Crippen molar-refractivity contribution in [2.45, 2.75) is 26.7 Å². The average molecular weight is 324 g/mol. The Morgan fingerprint density at radius 1 is 1.25 bits per heavy atom. The van der Waals surface area contributed by atoms with Crippen LogP contribution in [0.5, 0.6) is 0 Å². The molecule has 0 aliphatic heterocycles. The minimum absolute atomic E-state index is 0.406. The number of hydrogen-bond acceptors (Lipinski definition) is 4. The van der Waals surface area contributed by atoms with Gasteiger partial charge in [-0.15, -0.1) is 0 Å². The van der Waals surface area contributed by atoms with Crippen LogP contribution >= 0.6 is 0 Å². The van der Waals surface area contributed by atoms with Gasteiger partial charge in [0.05, 0.1) is 17.8 Å². The predicted octanol–water partition coefficient (Wildman–Crippen LogP) is 4.08. The molecule has 0 fully saturated rings. The number of amides is 1. The highest BCUT2D eigenvalue weighted by atomic mass is 16.5. The van der Waals surface area contributed by atoms with Crippen LogP contribution in [-0.4, -0.2) is 27.5 Å². The fourth-order valence-corrected chi connectivity index (χ4v) is 2.39. The molecule has 0 atom stereocenters. The average Bonchev–Trinajstić information content (AvgIpc) is 2.95. The number of carbonyl (C=O) groups excluding carboxylic acids is 1. The summed E-state index contributed by atoms with van der Waals surface area (Å²) >= 11 is 0. The van der Waals surface area contributed by atoms with Gasteiger partial charge in [-0.3, -0.25) is 5.32 Å². The van der Waals surface area contributed by atoms with Gasteiger partial charge in [0.1, 0.15) is 5.82 Å². The maximum absolute atomic E-state index is 11.9. The van der Waals surface area contributed by atoms with E-state index < -0.39 is 6.09 Å². The highest BCUT2D eigenvalue weighted by molar-refractivity contribution is 5.84. The summed E-state index contributed by atoms with van der Waals surface area (Å²) < 4.78 is 6.76. The van der Waals surface area contributed by atoms with E-state index >= 15 is 0 Å². The molecule has 6 nitrogen and oxygen atoms in total. The molecule has 0 radical (unpaired) electrons. The van der Waals surface area contributed by atoms with Gasteiger partial charge >= 0.3 is 6.09 Å². The topological polar surface area (TPSA) is 69.0 Å². The van der Waals surface area contributed by atoms with Gasteiger partial charge in [0.15, 0.2) is 5.82 Å². The number of anilines is 1. The Morgan fingerprint density at radius 3 is 2.92 bits per heavy atom. The van der Waals surface area contributed by atoms with Crippen molar-refractivity contribution >= 4 is 22.8 Å². The van der Waals surface area contributed by atoms with Crippen LogP contribution in [0, 0.1) is 6.92 Å². The van der Waals surface area contributed by atoms with Crippen LogP contribution in [0.1, 0.15) is 25.5 Å². The molecule has 0 aliphatic carbocycles. The molecule has 124 valence electrons. The number of hydrogen-bond donors (Lipinski definition) is 1. The van der Waals surface area contributed by atoms with Gasteiger partial charge in [-0.25, -0.2) is 9.78 Å². The number of para-hydroxylation sites is 1. The number of ether oxygens (including phenoxy) is 1. The second-order valence-electron chi connectivity index (χ2n) is 5.56. The van der Waals surface area contributed by atoms with Gasteiger partial charge < -0.3 is 4.74 Å². The number of benzene rings is 1. The van der Waals surface area contributed by atoms with Crippen LogP contribution in [0.15, 0.2) is 42.5 Å². The summed E-state index contributed by atoms with van der Waals surface area (Å²) in [6.45, 7) is 4.32. The molecule has 2 heterocycles. The number of unbranched alkanes of at least 4 members (excludes halogenated alkanes) is 1. The first kappa shape index (κ1) is 16.0. The molecule has 1 amide bonds. The lowest BCUT2D eigenvalue weighted by Gasteiger charge is -2.09. The van der Waals surface area contributed by atoms with E-state index in [4.69, 9.17) is 4.74 Å². The number of nitrogens with one attached hydrogen (secondary N) is 1. The number of pyridine rings is 1. The zero-order chi connectivity index (χ0) is 16.9. The van der Waals surface area contributed by atoms with Gasteiger partial charge in [-0.1, -0.05) is 31.5 Å². The van der Waals surface area contributed by atoms with E-state index in [2.05, 4.69) is 15.4 Å². The monoisotopic (exact) mass is 324 g/mol. The summed E-state index contributed by atoms with van der Waals surface area (Å²) in [5, 5.41) is 8.21. The van der Waals surface area contributed by atoms with E-state index in [1.807, 2.05) is 50.2 Å². The third kappa shape index (κ3) is 3.53. The van der Waals surface area contributed by atoms with Crippen LogP contribution in [-0.2, 0) is 4.74 Å². The number of aryl methyl sites for hydroxylation is 1. The molecular formula is C18H20N4O2. The Kier molecular flexibility index (Phi) is 4.74. The summed E-state index contributed by atoms with van der Waals surface area (Å²) in [6, 6.07) is 13.5. The quantitative estimate of drug-likeness (QED) is 0.718. The fraction of sp³-hybridized carbons (Fsp3) is 0.278. The molecule has 0 spiro atoms. The Labute approximate surface area is 140 Å². The second kappa shape index (κ2) is 7.12. The highest BCUT2D eigenvalue weighted by Crippen LogP contribution is 2.19. The Balaban J connectivity index is 1.86. The molecular weight excluding hydrogens is 304 g/mol. The maximum atomic E-state index is 11.9. The third-order valence-electron chi connectivity index (χ3n) is 3.59. The lowest BCUT2D eigenvalue weighted by Crippen LogP contribution is -2.17. The smallest absolute Gasteiger partial charge is 0.412 e. The summed E-state index contributed by atoms with van der Waals surface area (Å²) in [4.78, 5) is 16.5. The minimum Gasteiger partial charge on any atom is -0.449 e. The highest BCUT2D eigenvalue weighted by Gasteiger charge is 2.12. The fourth-order valence-electron chi connectivity index (χ4n) is 2.39. The number of rotatable bonds is 5. The van der Waals surface area contributed by atoms with Gasteiger partial charge in [0.25, 0.3) is 0 Å². The first-order chi connectivity index (χ1) is 11.7. The van der Waals surface area contributed by atoms with Crippen molar-refractivity contribution in [2.24, 2.45) is 0 Å². The standard InChI is InChI=1S/C18H20N4O2/c1-3-4-11-24-18(23)20-17-12-13(2)21-22(17)16-10-9-14-7-5-6-8-15(14)19-16/h5-10,12H,3-4,11H2,1-2H3,(H,20,23). The number of fused-ring (bicyclic) bond motifs is 1. The van der Waals surface area contributed by atoms with Gasteiger partial charge in [-0.2, -0.15) is 9.78 Å². The van der Waals surface area contributed by atoms with E-state index in [1.165, 1.54) is 0 Å². The number of nitrogens with zero attached hydrogens (tertiary/aromatic N) is 3. The summed E-state index contributed by atoms with van der Waals surface area (Å²) in [5.41, 5.74) is 1.66. The maximum Gasteiger partial charge on any atom is 0.412 e. The van der Waals surface area contributed by atoms with Crippen molar-refractivity contribution in [1.82, 2.24) is 14.8 Å². The van der Waals surface area contributed by atoms with Crippen molar-refractivity contribution in [2.75, 3.05) is 11.9 Å². The van der Waals surface area contributed by atoms with E-state index in [-0.39, 0.29) is 0 Å². The zero-order valence-electron chi connectivity index (χ0n) is 13.8. The first-order valence-electron chi connectivity index (χ1n) is 8.04. The molecule has 0 bridgehead atoms. The van der Waals surface area contributed by atoms with Crippen molar-refractivity contribution in [1.29, 1.82) is 0 Å². The molecule has 0 saturated heterocycles. The van der Waals surface area contributed by atoms with Crippen LogP contribution in [0.2, 0.25) is 0 Å². The molecule has 0 aliphatic rings. The van der Waals surface area contributed by atoms with E-state index in [0.29, 0.717) is 18.2 Å². The van der Waals surface area contributed by atoms with Crippen molar-refractivity contribution in [3.8, 4) is 5.82 Å². The van der Waals surface area contributed by atoms with Crippen molar-refractivity contribution in [3.05, 3.63) is 48.2 Å². The summed E-state index contributed by atoms with van der Waals surface area (Å²) in [7, 11) is 0. The zero-order valence-corrected chi connectivity index (χ0v) is 13.8. The second-order valence-corrected chi connectivity index (χ2v) is 5.56. The summed E-state index contributed by atoms with van der Waals surface area (Å²) in [5.74, 6) is 1.18. The molecule has 3 aromatic rings. The molecule has 1 N–H and O–H groups in total. The lowest BCUT2D eigenvalue weighted by atomic mass is 10.2. The largest absolute Gasteiger partial charge is 0.449 e. The molecule has 6 heteroatoms. The normalized spacial score (nSPS) is 10.8. The third-order valence-corrected chi connectivity index (χ3v) is 3.59. The van der Waals surface area contributed by atoms with Gasteiger partial charge in [-0.05, 0) is 31.5 Å². The van der Waals surface area contributed by atoms with Gasteiger partial charge in [0.2, 0.25) is 0 Å². The molecule has 2 aromatic heterocycles. The Hall–Kier alpha value is -2.89. The van der Waals surface area contributed by atoms with E-state index in [1.54, 1.807) is 10.7 Å². The number of carbonyl (C=O) groups is 1. The lowest BCUT2D eigenvalue weighted by molar-refractivity contribution is 0.159. The first-order valence-corrected chi connectivity index (χ1v) is 8.04. The summed E-state index contributed by atoms with van der Waals surface area (Å²) in [6.07, 6.45) is 1.34. The van der Waals surface area contributed by atoms with Crippen LogP contribution in [0.3, 0.4) is 0 Å². The van der Waals surface area contributed by atoms with Crippen molar-refractivity contribution < 1.29 is 9.53 Å². The van der Waals surface area contributed by atoms with Crippen LogP contribution < -0.4 is 5.32 Å². The van der Waals surface area contributed by atoms with E-state index in [9.17, 15) is 4.79 Å². The van der Waals surface area contributed by atoms with E-state index in [0.717, 1.165) is 29.4 Å². The molecule has 24 heavy (non-hydrogen) atoms. The molecule has 1 aromatic carbocycles. The molecule has 3 rings (SSSR count). The Morgan fingerprint density at radius 2 is 2.08 bits per heavy atom. The predicted molar refractivity (Wildman–Crippen MR) is 93.5 cm³/mol. The van der Waals surface area contributed by atoms with Crippen LogP contribution in [0.25, 0.3) is 16.7 Å². The van der Waals surface area contributed by atoms with Gasteiger partial charge in [0, 0.05) is 11.5 Å². The SMILES string of the molecule is CCCCOC(=O)Nc1cc(C)nn1-c1ccc2ccccc2n1. The molecule has 0 saturated carbocycles. The Bertz CT molecular complexity index is 857. The van der Waals surface area contributed by atoms with Crippen molar-refractivity contribution in [3.63, 3.8) is 0 Å². The molecule has 0 unspecified atom stereocenters.